The zero-order valence-corrected chi connectivity index (χ0v) is 10.9. The second-order valence-electron chi connectivity index (χ2n) is 4.43. The molecular weight excluding hydrogens is 258 g/mol. The third-order valence-electron chi connectivity index (χ3n) is 3.01. The van der Waals surface area contributed by atoms with E-state index in [0.717, 1.165) is 16.8 Å². The minimum Gasteiger partial charge on any atom is -0.352 e. The number of carbonyl (C=O) groups is 1. The molecule has 0 spiro atoms. The Bertz CT molecular complexity index is 732. The molecule has 0 aliphatic carbocycles. The number of nitrogens with zero attached hydrogens (tertiary/aromatic N) is 3. The van der Waals surface area contributed by atoms with Gasteiger partial charge in [-0.1, -0.05) is 5.16 Å². The third-order valence-corrected chi connectivity index (χ3v) is 3.01. The van der Waals surface area contributed by atoms with Crippen LogP contribution in [0.3, 0.4) is 0 Å². The zero-order valence-electron chi connectivity index (χ0n) is 10.9. The number of carbonyl (C=O) groups excluding carboxylic acids is 1. The first kappa shape index (κ1) is 12.3. The highest BCUT2D eigenvalue weighted by Gasteiger charge is 2.11. The Hall–Kier alpha value is -2.70. The fourth-order valence-electron chi connectivity index (χ4n) is 1.90. The molecule has 2 N–H and O–H groups in total. The number of imidazole rings is 1. The number of fused-ring (bicyclic) bond motifs is 1. The van der Waals surface area contributed by atoms with Crippen molar-refractivity contribution in [2.45, 2.75) is 13.3 Å². The maximum Gasteiger partial charge on any atom is 0.257 e. The van der Waals surface area contributed by atoms with Crippen molar-refractivity contribution in [3.05, 3.63) is 41.7 Å². The molecule has 7 heteroatoms. The Morgan fingerprint density at radius 1 is 1.45 bits per heavy atom. The van der Waals surface area contributed by atoms with E-state index >= 15 is 0 Å². The second kappa shape index (κ2) is 5.12. The highest BCUT2D eigenvalue weighted by atomic mass is 16.5. The molecule has 0 atom stereocenters. The molecule has 20 heavy (non-hydrogen) atoms. The number of pyridine rings is 1. The van der Waals surface area contributed by atoms with Gasteiger partial charge >= 0.3 is 0 Å². The summed E-state index contributed by atoms with van der Waals surface area (Å²) in [5, 5.41) is 7.40. The molecule has 0 saturated carbocycles. The van der Waals surface area contributed by atoms with E-state index in [9.17, 15) is 4.79 Å². The van der Waals surface area contributed by atoms with E-state index < -0.39 is 0 Å². The number of amides is 1. The van der Waals surface area contributed by atoms with Gasteiger partial charge in [0.15, 0.2) is 0 Å². The summed E-state index contributed by atoms with van der Waals surface area (Å²) in [6.07, 6.45) is 5.54. The van der Waals surface area contributed by atoms with Crippen molar-refractivity contribution < 1.29 is 9.32 Å². The highest BCUT2D eigenvalue weighted by Crippen LogP contribution is 2.16. The van der Waals surface area contributed by atoms with Crippen LogP contribution >= 0.6 is 0 Å². The number of aromatic nitrogens is 4. The van der Waals surface area contributed by atoms with Gasteiger partial charge < -0.3 is 14.8 Å². The van der Waals surface area contributed by atoms with Crippen molar-refractivity contribution in [3.8, 4) is 0 Å². The van der Waals surface area contributed by atoms with Crippen molar-refractivity contribution in [2.75, 3.05) is 6.54 Å². The van der Waals surface area contributed by atoms with Crippen LogP contribution in [0.2, 0.25) is 0 Å². The predicted molar refractivity (Wildman–Crippen MR) is 71.2 cm³/mol. The molecule has 0 radical (unpaired) electrons. The lowest BCUT2D eigenvalue weighted by Crippen LogP contribution is -2.25. The lowest BCUT2D eigenvalue weighted by Gasteiger charge is -2.03. The first-order chi connectivity index (χ1) is 9.74. The molecule has 0 aliphatic rings. The Morgan fingerprint density at radius 3 is 3.15 bits per heavy atom. The van der Waals surface area contributed by atoms with Crippen LogP contribution in [0.15, 0.2) is 29.3 Å². The highest BCUT2D eigenvalue weighted by molar-refractivity contribution is 5.96. The fraction of sp³-hybridized carbons (Fsp3) is 0.231. The molecule has 0 bridgehead atoms. The minimum absolute atomic E-state index is 0.167. The van der Waals surface area contributed by atoms with Crippen LogP contribution in [0.1, 0.15) is 21.7 Å². The summed E-state index contributed by atoms with van der Waals surface area (Å²) in [6, 6.07) is 1.74. The van der Waals surface area contributed by atoms with Crippen molar-refractivity contribution >= 4 is 17.0 Å². The Morgan fingerprint density at radius 2 is 2.35 bits per heavy atom. The lowest BCUT2D eigenvalue weighted by atomic mass is 10.2. The standard InChI is InChI=1S/C13H13N5O2/c1-8-11-4-9(5-16-13(11)20-18-8)12(19)15-3-2-10-6-14-7-17-10/h4-7H,2-3H2,1H3,(H,14,17)(H,15,19). The van der Waals surface area contributed by atoms with E-state index in [2.05, 4.69) is 25.4 Å². The number of rotatable bonds is 4. The van der Waals surface area contributed by atoms with Crippen LogP contribution in [0.5, 0.6) is 0 Å². The SMILES string of the molecule is Cc1noc2ncc(C(=O)NCCc3cnc[nH]3)cc12. The van der Waals surface area contributed by atoms with E-state index in [4.69, 9.17) is 4.52 Å². The molecule has 3 rings (SSSR count). The predicted octanol–water partition coefficient (Wildman–Crippen LogP) is 1.23. The van der Waals surface area contributed by atoms with E-state index in [1.165, 1.54) is 6.20 Å². The molecule has 3 aromatic heterocycles. The summed E-state index contributed by atoms with van der Waals surface area (Å²) in [6.45, 7) is 2.34. The average Bonchev–Trinajstić information content (AvgIpc) is 3.09. The molecule has 102 valence electrons. The monoisotopic (exact) mass is 271 g/mol. The number of nitrogens with one attached hydrogen (secondary N) is 2. The topological polar surface area (TPSA) is 96.7 Å². The summed E-state index contributed by atoms with van der Waals surface area (Å²) < 4.78 is 5.01. The van der Waals surface area contributed by atoms with Gasteiger partial charge in [-0.15, -0.1) is 0 Å². The summed E-state index contributed by atoms with van der Waals surface area (Å²) >= 11 is 0. The molecule has 3 aromatic rings. The normalized spacial score (nSPS) is 10.8. The van der Waals surface area contributed by atoms with Crippen LogP contribution in [0.4, 0.5) is 0 Å². The smallest absolute Gasteiger partial charge is 0.257 e. The number of aryl methyl sites for hydroxylation is 1. The summed E-state index contributed by atoms with van der Waals surface area (Å²) in [7, 11) is 0. The molecule has 7 nitrogen and oxygen atoms in total. The Labute approximate surface area is 114 Å². The Balaban J connectivity index is 1.67. The maximum atomic E-state index is 12.0. The van der Waals surface area contributed by atoms with E-state index in [-0.39, 0.29) is 5.91 Å². The van der Waals surface area contributed by atoms with Gasteiger partial charge in [-0.25, -0.2) is 9.97 Å². The first-order valence-electron chi connectivity index (χ1n) is 6.21. The van der Waals surface area contributed by atoms with Crippen LogP contribution < -0.4 is 5.32 Å². The first-order valence-corrected chi connectivity index (χ1v) is 6.21. The van der Waals surface area contributed by atoms with Crippen molar-refractivity contribution in [1.82, 2.24) is 25.4 Å². The summed E-state index contributed by atoms with van der Waals surface area (Å²) in [5.41, 5.74) is 2.64. The fourth-order valence-corrected chi connectivity index (χ4v) is 1.90. The molecule has 0 fully saturated rings. The van der Waals surface area contributed by atoms with Crippen molar-refractivity contribution in [1.29, 1.82) is 0 Å². The lowest BCUT2D eigenvalue weighted by molar-refractivity contribution is 0.0954. The molecular formula is C13H13N5O2. The largest absolute Gasteiger partial charge is 0.352 e. The van der Waals surface area contributed by atoms with Gasteiger partial charge in [0, 0.05) is 31.1 Å². The van der Waals surface area contributed by atoms with E-state index in [1.807, 2.05) is 6.92 Å². The number of aromatic amines is 1. The van der Waals surface area contributed by atoms with Gasteiger partial charge in [0.1, 0.15) is 0 Å². The van der Waals surface area contributed by atoms with Gasteiger partial charge in [-0.3, -0.25) is 4.79 Å². The van der Waals surface area contributed by atoms with Crippen molar-refractivity contribution in [2.24, 2.45) is 0 Å². The van der Waals surface area contributed by atoms with Gasteiger partial charge in [0.05, 0.1) is 23.0 Å². The van der Waals surface area contributed by atoms with Gasteiger partial charge in [0.2, 0.25) is 0 Å². The zero-order chi connectivity index (χ0) is 13.9. The second-order valence-corrected chi connectivity index (χ2v) is 4.43. The average molecular weight is 271 g/mol. The molecule has 0 saturated heterocycles. The molecule has 0 aromatic carbocycles. The summed E-state index contributed by atoms with van der Waals surface area (Å²) in [4.78, 5) is 23.0. The minimum atomic E-state index is -0.167. The van der Waals surface area contributed by atoms with E-state index in [1.54, 1.807) is 18.6 Å². The van der Waals surface area contributed by atoms with Gasteiger partial charge in [-0.05, 0) is 13.0 Å². The third kappa shape index (κ3) is 2.37. The summed E-state index contributed by atoms with van der Waals surface area (Å²) in [5.74, 6) is -0.167. The van der Waals surface area contributed by atoms with Crippen LogP contribution in [-0.4, -0.2) is 32.6 Å². The number of hydrogen-bond acceptors (Lipinski definition) is 5. The van der Waals surface area contributed by atoms with Crippen LogP contribution in [-0.2, 0) is 6.42 Å². The molecule has 0 unspecified atom stereocenters. The van der Waals surface area contributed by atoms with Crippen LogP contribution in [0, 0.1) is 6.92 Å². The quantitative estimate of drug-likeness (QED) is 0.743. The molecule has 3 heterocycles. The van der Waals surface area contributed by atoms with Gasteiger partial charge in [0.25, 0.3) is 11.6 Å². The molecule has 0 aliphatic heterocycles. The van der Waals surface area contributed by atoms with Crippen molar-refractivity contribution in [3.63, 3.8) is 0 Å². The van der Waals surface area contributed by atoms with Crippen LogP contribution in [0.25, 0.3) is 11.1 Å². The number of H-pyrrole nitrogens is 1. The van der Waals surface area contributed by atoms with Gasteiger partial charge in [-0.2, -0.15) is 0 Å². The molecule has 1 amide bonds. The number of hydrogen-bond donors (Lipinski definition) is 2. The maximum absolute atomic E-state index is 12.0. The van der Waals surface area contributed by atoms with E-state index in [0.29, 0.717) is 24.2 Å². The Kier molecular flexibility index (Phi) is 3.16.